The lowest BCUT2D eigenvalue weighted by atomic mass is 10.2. The minimum Gasteiger partial charge on any atom is -0.318 e. The van der Waals surface area contributed by atoms with Crippen molar-refractivity contribution in [3.05, 3.63) is 69.4 Å². The summed E-state index contributed by atoms with van der Waals surface area (Å²) < 4.78 is 4.02. The Morgan fingerprint density at radius 2 is 1.95 bits per heavy atom. The SMILES string of the molecule is Cn1c(=NC(=O)C=Cc2ccccc2)sc2cccc(Br)c21. The van der Waals surface area contributed by atoms with Crippen molar-refractivity contribution in [1.82, 2.24) is 4.57 Å². The van der Waals surface area contributed by atoms with Crippen LogP contribution in [0.25, 0.3) is 16.3 Å². The molecule has 0 aliphatic rings. The van der Waals surface area contributed by atoms with E-state index in [2.05, 4.69) is 20.9 Å². The number of hydrogen-bond donors (Lipinski definition) is 0. The molecule has 1 heterocycles. The topological polar surface area (TPSA) is 34.4 Å². The van der Waals surface area contributed by atoms with Crippen LogP contribution in [0.1, 0.15) is 5.56 Å². The molecule has 1 amide bonds. The van der Waals surface area contributed by atoms with E-state index in [0.29, 0.717) is 4.80 Å². The number of carbonyl (C=O) groups is 1. The molecular weight excluding hydrogens is 360 g/mol. The summed E-state index contributed by atoms with van der Waals surface area (Å²) in [5.74, 6) is -0.262. The number of amides is 1. The number of nitrogens with zero attached hydrogens (tertiary/aromatic N) is 2. The lowest BCUT2D eigenvalue weighted by Crippen LogP contribution is -2.12. The molecule has 0 aliphatic heterocycles. The van der Waals surface area contributed by atoms with Gasteiger partial charge in [0.05, 0.1) is 10.2 Å². The first-order chi connectivity index (χ1) is 10.6. The van der Waals surface area contributed by atoms with Gasteiger partial charge in [0.15, 0.2) is 4.80 Å². The van der Waals surface area contributed by atoms with Gasteiger partial charge in [0.2, 0.25) is 0 Å². The van der Waals surface area contributed by atoms with Gasteiger partial charge < -0.3 is 4.57 Å². The molecule has 0 spiro atoms. The van der Waals surface area contributed by atoms with Crippen LogP contribution in [0.5, 0.6) is 0 Å². The maximum Gasteiger partial charge on any atom is 0.272 e. The summed E-state index contributed by atoms with van der Waals surface area (Å²) in [6.07, 6.45) is 3.27. The quantitative estimate of drug-likeness (QED) is 0.622. The molecule has 0 N–H and O–H groups in total. The highest BCUT2D eigenvalue weighted by atomic mass is 79.9. The summed E-state index contributed by atoms with van der Waals surface area (Å²) in [5, 5.41) is 0. The Bertz CT molecular complexity index is 923. The van der Waals surface area contributed by atoms with Gasteiger partial charge in [0.1, 0.15) is 0 Å². The van der Waals surface area contributed by atoms with Crippen molar-refractivity contribution in [2.24, 2.45) is 12.0 Å². The van der Waals surface area contributed by atoms with Gasteiger partial charge in [-0.15, -0.1) is 0 Å². The van der Waals surface area contributed by atoms with E-state index in [0.717, 1.165) is 20.3 Å². The van der Waals surface area contributed by atoms with Crippen LogP contribution in [0.15, 0.2) is 64.1 Å². The molecule has 0 radical (unpaired) electrons. The molecule has 0 aliphatic carbocycles. The molecule has 0 saturated carbocycles. The Kier molecular flexibility index (Phi) is 4.36. The average Bonchev–Trinajstić information content (AvgIpc) is 2.84. The van der Waals surface area contributed by atoms with E-state index in [1.165, 1.54) is 17.4 Å². The van der Waals surface area contributed by atoms with E-state index >= 15 is 0 Å². The molecule has 3 nitrogen and oxygen atoms in total. The molecule has 3 rings (SSSR count). The zero-order valence-corrected chi connectivity index (χ0v) is 14.3. The number of carbonyl (C=O) groups excluding carboxylic acids is 1. The fraction of sp³-hybridized carbons (Fsp3) is 0.0588. The minimum atomic E-state index is -0.262. The van der Waals surface area contributed by atoms with Gasteiger partial charge in [-0.05, 0) is 39.7 Å². The molecule has 5 heteroatoms. The zero-order valence-electron chi connectivity index (χ0n) is 11.9. The lowest BCUT2D eigenvalue weighted by molar-refractivity contribution is -0.113. The van der Waals surface area contributed by atoms with Crippen molar-refractivity contribution in [2.45, 2.75) is 0 Å². The van der Waals surface area contributed by atoms with Gasteiger partial charge in [0, 0.05) is 17.6 Å². The average molecular weight is 373 g/mol. The predicted molar refractivity (Wildman–Crippen MR) is 94.5 cm³/mol. The van der Waals surface area contributed by atoms with Crippen LogP contribution in [0, 0.1) is 0 Å². The highest BCUT2D eigenvalue weighted by Gasteiger charge is 2.06. The van der Waals surface area contributed by atoms with Crippen LogP contribution < -0.4 is 4.80 Å². The number of halogens is 1. The summed E-state index contributed by atoms with van der Waals surface area (Å²) in [5.41, 5.74) is 2.03. The van der Waals surface area contributed by atoms with Crippen LogP contribution >= 0.6 is 27.3 Å². The van der Waals surface area contributed by atoms with Crippen molar-refractivity contribution < 1.29 is 4.79 Å². The van der Waals surface area contributed by atoms with E-state index < -0.39 is 0 Å². The van der Waals surface area contributed by atoms with Crippen molar-refractivity contribution in [3.8, 4) is 0 Å². The van der Waals surface area contributed by atoms with Gasteiger partial charge in [-0.25, -0.2) is 0 Å². The van der Waals surface area contributed by atoms with Gasteiger partial charge in [-0.1, -0.05) is 47.7 Å². The Hall–Kier alpha value is -1.98. The Morgan fingerprint density at radius 1 is 1.18 bits per heavy atom. The monoisotopic (exact) mass is 372 g/mol. The molecule has 0 bridgehead atoms. The molecule has 0 atom stereocenters. The minimum absolute atomic E-state index is 0.262. The third-order valence-corrected chi connectivity index (χ3v) is 4.93. The van der Waals surface area contributed by atoms with Crippen LogP contribution in [0.3, 0.4) is 0 Å². The second kappa shape index (κ2) is 6.42. The summed E-state index contributed by atoms with van der Waals surface area (Å²) >= 11 is 5.03. The maximum absolute atomic E-state index is 12.0. The number of thiazole rings is 1. The van der Waals surface area contributed by atoms with Crippen molar-refractivity contribution in [1.29, 1.82) is 0 Å². The molecule has 0 unspecified atom stereocenters. The molecular formula is C17H13BrN2OS. The largest absolute Gasteiger partial charge is 0.318 e. The number of aromatic nitrogens is 1. The first-order valence-electron chi connectivity index (χ1n) is 6.71. The molecule has 110 valence electrons. The highest BCUT2D eigenvalue weighted by Crippen LogP contribution is 2.24. The lowest BCUT2D eigenvalue weighted by Gasteiger charge is -1.97. The maximum atomic E-state index is 12.0. The Labute approximate surface area is 140 Å². The normalized spacial score (nSPS) is 12.4. The zero-order chi connectivity index (χ0) is 15.5. The molecule has 0 saturated heterocycles. The molecule has 0 fully saturated rings. The second-order valence-corrected chi connectivity index (χ2v) is 6.59. The predicted octanol–water partition coefficient (Wildman–Crippen LogP) is 4.14. The summed E-state index contributed by atoms with van der Waals surface area (Å²) in [6.45, 7) is 0. The van der Waals surface area contributed by atoms with Crippen molar-refractivity contribution >= 4 is 49.5 Å². The third kappa shape index (κ3) is 3.10. The summed E-state index contributed by atoms with van der Waals surface area (Å²) in [6, 6.07) is 15.7. The van der Waals surface area contributed by atoms with Crippen molar-refractivity contribution in [2.75, 3.05) is 0 Å². The second-order valence-electron chi connectivity index (χ2n) is 4.72. The van der Waals surface area contributed by atoms with Crippen molar-refractivity contribution in [3.63, 3.8) is 0 Å². The first-order valence-corrected chi connectivity index (χ1v) is 8.32. The van der Waals surface area contributed by atoms with E-state index in [9.17, 15) is 4.79 Å². The number of para-hydroxylation sites is 1. The molecule has 3 aromatic rings. The number of fused-ring (bicyclic) bond motifs is 1. The van der Waals surface area contributed by atoms with E-state index in [4.69, 9.17) is 0 Å². The van der Waals surface area contributed by atoms with E-state index in [1.807, 2.05) is 60.1 Å². The fourth-order valence-corrected chi connectivity index (χ4v) is 3.94. The Balaban J connectivity index is 1.95. The molecule has 22 heavy (non-hydrogen) atoms. The summed E-state index contributed by atoms with van der Waals surface area (Å²) in [4.78, 5) is 16.9. The Morgan fingerprint density at radius 3 is 2.68 bits per heavy atom. The van der Waals surface area contributed by atoms with Crippen LogP contribution in [0.2, 0.25) is 0 Å². The van der Waals surface area contributed by atoms with Gasteiger partial charge in [0.25, 0.3) is 5.91 Å². The summed E-state index contributed by atoms with van der Waals surface area (Å²) in [7, 11) is 1.91. The number of rotatable bonds is 2. The number of benzene rings is 2. The van der Waals surface area contributed by atoms with E-state index in [-0.39, 0.29) is 5.91 Å². The smallest absolute Gasteiger partial charge is 0.272 e. The molecule has 1 aromatic heterocycles. The highest BCUT2D eigenvalue weighted by molar-refractivity contribution is 9.10. The van der Waals surface area contributed by atoms with Crippen LogP contribution in [-0.2, 0) is 11.8 Å². The molecule has 2 aromatic carbocycles. The van der Waals surface area contributed by atoms with Crippen LogP contribution in [0.4, 0.5) is 0 Å². The van der Waals surface area contributed by atoms with Crippen LogP contribution in [-0.4, -0.2) is 10.5 Å². The fourth-order valence-electron chi connectivity index (χ4n) is 2.13. The van der Waals surface area contributed by atoms with Gasteiger partial charge in [-0.3, -0.25) is 4.79 Å². The van der Waals surface area contributed by atoms with Gasteiger partial charge >= 0.3 is 0 Å². The van der Waals surface area contributed by atoms with E-state index in [1.54, 1.807) is 6.08 Å². The number of hydrogen-bond acceptors (Lipinski definition) is 2. The first kappa shape index (κ1) is 14.9. The third-order valence-electron chi connectivity index (χ3n) is 3.20. The standard InChI is InChI=1S/C17H13BrN2OS/c1-20-16-13(18)8-5-9-14(16)22-17(20)19-15(21)11-10-12-6-3-2-4-7-12/h2-11H,1H3. The number of aryl methyl sites for hydroxylation is 1. The van der Waals surface area contributed by atoms with Gasteiger partial charge in [-0.2, -0.15) is 4.99 Å².